The number of nitrogens with zero attached hydrogens (tertiary/aromatic N) is 1. The largest absolute Gasteiger partial charge is 0.343 e. The molecule has 0 unspecified atom stereocenters. The third-order valence-electron chi connectivity index (χ3n) is 3.83. The van der Waals surface area contributed by atoms with E-state index >= 15 is 0 Å². The summed E-state index contributed by atoms with van der Waals surface area (Å²) in [6.45, 7) is 1.69. The van der Waals surface area contributed by atoms with Gasteiger partial charge in [-0.05, 0) is 37.0 Å². The lowest BCUT2D eigenvalue weighted by molar-refractivity contribution is 0.277. The van der Waals surface area contributed by atoms with Gasteiger partial charge in [-0.2, -0.15) is 0 Å². The van der Waals surface area contributed by atoms with Gasteiger partial charge in [0, 0.05) is 34.7 Å². The van der Waals surface area contributed by atoms with Crippen LogP contribution in [0, 0.1) is 5.92 Å². The molecule has 1 aliphatic carbocycles. The Morgan fingerprint density at radius 1 is 1.29 bits per heavy atom. The highest BCUT2D eigenvalue weighted by Gasteiger charge is 2.20. The summed E-state index contributed by atoms with van der Waals surface area (Å²) >= 11 is 6.08. The van der Waals surface area contributed by atoms with Crippen molar-refractivity contribution in [1.82, 2.24) is 4.57 Å². The van der Waals surface area contributed by atoms with Gasteiger partial charge < -0.3 is 10.3 Å². The smallest absolute Gasteiger partial charge is 0.0497 e. The Morgan fingerprint density at radius 2 is 2.12 bits per heavy atom. The molecular weight excluding hydrogens is 232 g/mol. The SMILES string of the molecule is NCc1cc2ccc(Cl)cc2n1CC1CCC1. The third kappa shape index (κ3) is 1.96. The molecule has 3 heteroatoms. The van der Waals surface area contributed by atoms with Gasteiger partial charge in [-0.25, -0.2) is 0 Å². The van der Waals surface area contributed by atoms with E-state index in [2.05, 4.69) is 22.8 Å². The van der Waals surface area contributed by atoms with E-state index in [4.69, 9.17) is 17.3 Å². The highest BCUT2D eigenvalue weighted by molar-refractivity contribution is 6.31. The fraction of sp³-hybridized carbons (Fsp3) is 0.429. The van der Waals surface area contributed by atoms with Crippen LogP contribution in [0.1, 0.15) is 25.0 Å². The van der Waals surface area contributed by atoms with Crippen LogP contribution in [0.4, 0.5) is 0 Å². The van der Waals surface area contributed by atoms with Gasteiger partial charge in [0.15, 0.2) is 0 Å². The quantitative estimate of drug-likeness (QED) is 0.885. The normalized spacial score (nSPS) is 16.4. The first-order chi connectivity index (χ1) is 8.28. The molecule has 0 spiro atoms. The molecule has 0 atom stereocenters. The topological polar surface area (TPSA) is 30.9 Å². The predicted octanol–water partition coefficient (Wildman–Crippen LogP) is 3.55. The van der Waals surface area contributed by atoms with E-state index in [-0.39, 0.29) is 0 Å². The summed E-state index contributed by atoms with van der Waals surface area (Å²) in [7, 11) is 0. The summed E-state index contributed by atoms with van der Waals surface area (Å²) in [6, 6.07) is 8.25. The molecule has 1 fully saturated rings. The Kier molecular flexibility index (Phi) is 2.85. The summed E-state index contributed by atoms with van der Waals surface area (Å²) in [4.78, 5) is 0. The summed E-state index contributed by atoms with van der Waals surface area (Å²) in [5, 5.41) is 2.04. The molecule has 1 saturated carbocycles. The number of hydrogen-bond acceptors (Lipinski definition) is 1. The molecule has 2 N–H and O–H groups in total. The Morgan fingerprint density at radius 3 is 2.76 bits per heavy atom. The predicted molar refractivity (Wildman–Crippen MR) is 72.2 cm³/mol. The Labute approximate surface area is 106 Å². The number of benzene rings is 1. The van der Waals surface area contributed by atoms with Gasteiger partial charge in [0.1, 0.15) is 0 Å². The van der Waals surface area contributed by atoms with Crippen LogP contribution in [0.3, 0.4) is 0 Å². The maximum absolute atomic E-state index is 6.08. The zero-order valence-electron chi connectivity index (χ0n) is 9.82. The maximum Gasteiger partial charge on any atom is 0.0497 e. The van der Waals surface area contributed by atoms with E-state index < -0.39 is 0 Å². The summed E-state index contributed by atoms with van der Waals surface area (Å²) in [5.74, 6) is 0.829. The van der Waals surface area contributed by atoms with Gasteiger partial charge in [-0.1, -0.05) is 24.1 Å². The van der Waals surface area contributed by atoms with Crippen molar-refractivity contribution in [3.8, 4) is 0 Å². The van der Waals surface area contributed by atoms with Crippen LogP contribution in [0.2, 0.25) is 5.02 Å². The average Bonchev–Trinajstić information content (AvgIpc) is 2.61. The minimum Gasteiger partial charge on any atom is -0.343 e. The molecule has 1 heterocycles. The Hall–Kier alpha value is -0.990. The van der Waals surface area contributed by atoms with Crippen molar-refractivity contribution in [3.63, 3.8) is 0 Å². The number of hydrogen-bond donors (Lipinski definition) is 1. The molecule has 17 heavy (non-hydrogen) atoms. The van der Waals surface area contributed by atoms with Gasteiger partial charge in [-0.3, -0.25) is 0 Å². The Bertz CT molecular complexity index is 540. The van der Waals surface area contributed by atoms with Gasteiger partial charge in [-0.15, -0.1) is 0 Å². The lowest BCUT2D eigenvalue weighted by atomic mass is 9.85. The number of fused-ring (bicyclic) bond motifs is 1. The van der Waals surface area contributed by atoms with Crippen molar-refractivity contribution < 1.29 is 0 Å². The molecule has 2 aromatic rings. The first-order valence-electron chi connectivity index (χ1n) is 6.25. The first-order valence-corrected chi connectivity index (χ1v) is 6.63. The van der Waals surface area contributed by atoms with Crippen molar-refractivity contribution in [2.24, 2.45) is 11.7 Å². The lowest BCUT2D eigenvalue weighted by Crippen LogP contribution is -2.20. The molecule has 1 aliphatic rings. The zero-order chi connectivity index (χ0) is 11.8. The van der Waals surface area contributed by atoms with Gasteiger partial charge >= 0.3 is 0 Å². The molecule has 0 radical (unpaired) electrons. The second-order valence-corrected chi connectivity index (χ2v) is 5.39. The van der Waals surface area contributed by atoms with E-state index in [1.54, 1.807) is 0 Å². The zero-order valence-corrected chi connectivity index (χ0v) is 10.6. The fourth-order valence-electron chi connectivity index (χ4n) is 2.60. The second-order valence-electron chi connectivity index (χ2n) is 4.95. The first kappa shape index (κ1) is 11.1. The minimum absolute atomic E-state index is 0.596. The molecule has 1 aromatic heterocycles. The van der Waals surface area contributed by atoms with Crippen molar-refractivity contribution in [3.05, 3.63) is 35.0 Å². The number of aromatic nitrogens is 1. The molecule has 90 valence electrons. The van der Waals surface area contributed by atoms with Crippen LogP contribution in [-0.4, -0.2) is 4.57 Å². The van der Waals surface area contributed by atoms with Crippen LogP contribution >= 0.6 is 11.6 Å². The highest BCUT2D eigenvalue weighted by Crippen LogP contribution is 2.31. The summed E-state index contributed by atoms with van der Waals surface area (Å²) in [6.07, 6.45) is 4.08. The monoisotopic (exact) mass is 248 g/mol. The van der Waals surface area contributed by atoms with Gasteiger partial charge in [0.05, 0.1) is 0 Å². The molecule has 0 amide bonds. The van der Waals surface area contributed by atoms with E-state index in [1.165, 1.54) is 35.9 Å². The van der Waals surface area contributed by atoms with Gasteiger partial charge in [0.2, 0.25) is 0 Å². The fourth-order valence-corrected chi connectivity index (χ4v) is 2.77. The molecular formula is C14H17ClN2. The highest BCUT2D eigenvalue weighted by atomic mass is 35.5. The Balaban J connectivity index is 2.07. The molecule has 0 bridgehead atoms. The molecule has 3 rings (SSSR count). The van der Waals surface area contributed by atoms with Crippen LogP contribution < -0.4 is 5.73 Å². The van der Waals surface area contributed by atoms with Crippen molar-refractivity contribution >= 4 is 22.5 Å². The van der Waals surface area contributed by atoms with E-state index in [1.807, 2.05) is 6.07 Å². The second kappa shape index (κ2) is 4.35. The van der Waals surface area contributed by atoms with E-state index in [0.717, 1.165) is 17.5 Å². The van der Waals surface area contributed by atoms with Crippen LogP contribution in [-0.2, 0) is 13.1 Å². The van der Waals surface area contributed by atoms with E-state index in [9.17, 15) is 0 Å². The number of rotatable bonds is 3. The van der Waals surface area contributed by atoms with Crippen molar-refractivity contribution in [1.29, 1.82) is 0 Å². The maximum atomic E-state index is 6.08. The van der Waals surface area contributed by atoms with Crippen LogP contribution in [0.5, 0.6) is 0 Å². The van der Waals surface area contributed by atoms with Gasteiger partial charge in [0.25, 0.3) is 0 Å². The van der Waals surface area contributed by atoms with Crippen molar-refractivity contribution in [2.45, 2.75) is 32.4 Å². The molecule has 1 aromatic carbocycles. The lowest BCUT2D eigenvalue weighted by Gasteiger charge is -2.27. The summed E-state index contributed by atoms with van der Waals surface area (Å²) in [5.41, 5.74) is 8.28. The molecule has 0 aliphatic heterocycles. The standard InChI is InChI=1S/C14H17ClN2/c15-12-5-4-11-6-13(8-16)17(14(11)7-12)9-10-2-1-3-10/h4-7,10H,1-3,8-9,16H2. The summed E-state index contributed by atoms with van der Waals surface area (Å²) < 4.78 is 2.35. The van der Waals surface area contributed by atoms with E-state index in [0.29, 0.717) is 6.54 Å². The van der Waals surface area contributed by atoms with Crippen LogP contribution in [0.25, 0.3) is 10.9 Å². The average molecular weight is 249 g/mol. The number of halogens is 1. The third-order valence-corrected chi connectivity index (χ3v) is 4.06. The number of nitrogens with two attached hydrogens (primary N) is 1. The molecule has 0 saturated heterocycles. The van der Waals surface area contributed by atoms with Crippen LogP contribution in [0.15, 0.2) is 24.3 Å². The minimum atomic E-state index is 0.596. The molecule has 2 nitrogen and oxygen atoms in total. The van der Waals surface area contributed by atoms with Crippen molar-refractivity contribution in [2.75, 3.05) is 0 Å².